The van der Waals surface area contributed by atoms with Crippen LogP contribution in [0.1, 0.15) is 26.2 Å². The highest BCUT2D eigenvalue weighted by Crippen LogP contribution is 2.22. The Morgan fingerprint density at radius 1 is 1.39 bits per heavy atom. The first-order chi connectivity index (χ1) is 11.1. The zero-order valence-corrected chi connectivity index (χ0v) is 14.3. The molecule has 126 valence electrons. The molecule has 0 N–H and O–H groups in total. The number of nitrogens with zero attached hydrogens (tertiary/aromatic N) is 2. The van der Waals surface area contributed by atoms with E-state index in [0.717, 1.165) is 32.4 Å². The van der Waals surface area contributed by atoms with E-state index in [1.807, 2.05) is 24.0 Å². The molecular weight excluding hydrogens is 288 g/mol. The van der Waals surface area contributed by atoms with E-state index < -0.39 is 0 Å². The summed E-state index contributed by atoms with van der Waals surface area (Å²) in [7, 11) is 2.14. The largest absolute Gasteiger partial charge is 0.371 e. The van der Waals surface area contributed by atoms with Crippen molar-refractivity contribution in [2.24, 2.45) is 0 Å². The number of anilines is 1. The van der Waals surface area contributed by atoms with Gasteiger partial charge in [0.1, 0.15) is 6.10 Å². The number of likely N-dealkylation sites (tertiary alicyclic amines) is 1. The Morgan fingerprint density at radius 3 is 2.65 bits per heavy atom. The van der Waals surface area contributed by atoms with Crippen molar-refractivity contribution in [1.82, 2.24) is 4.90 Å². The van der Waals surface area contributed by atoms with Crippen molar-refractivity contribution in [2.45, 2.75) is 38.3 Å². The van der Waals surface area contributed by atoms with Gasteiger partial charge in [-0.2, -0.15) is 0 Å². The lowest BCUT2D eigenvalue weighted by molar-refractivity contribution is -0.143. The number of para-hydroxylation sites is 1. The second-order valence-corrected chi connectivity index (χ2v) is 6.09. The van der Waals surface area contributed by atoms with Gasteiger partial charge >= 0.3 is 0 Å². The van der Waals surface area contributed by atoms with Gasteiger partial charge in [-0.15, -0.1) is 6.58 Å². The molecule has 1 saturated heterocycles. The molecule has 1 amide bonds. The molecule has 4 nitrogen and oxygen atoms in total. The first kappa shape index (κ1) is 17.5. The summed E-state index contributed by atoms with van der Waals surface area (Å²) >= 11 is 0. The minimum atomic E-state index is -0.363. The summed E-state index contributed by atoms with van der Waals surface area (Å²) in [6.45, 7) is 7.66. The topological polar surface area (TPSA) is 32.8 Å². The van der Waals surface area contributed by atoms with Gasteiger partial charge in [0.2, 0.25) is 0 Å². The van der Waals surface area contributed by atoms with Crippen LogP contribution in [0.5, 0.6) is 0 Å². The van der Waals surface area contributed by atoms with Gasteiger partial charge < -0.3 is 14.5 Å². The Labute approximate surface area is 139 Å². The van der Waals surface area contributed by atoms with Crippen LogP contribution in [0.15, 0.2) is 43.0 Å². The van der Waals surface area contributed by atoms with E-state index in [1.54, 1.807) is 0 Å². The summed E-state index contributed by atoms with van der Waals surface area (Å²) in [5, 5.41) is 0. The van der Waals surface area contributed by atoms with Gasteiger partial charge in [-0.25, -0.2) is 0 Å². The lowest BCUT2D eigenvalue weighted by Crippen LogP contribution is -2.48. The number of rotatable bonds is 7. The molecule has 0 aliphatic carbocycles. The molecular formula is C19H28N2O2. The first-order valence-corrected chi connectivity index (χ1v) is 8.42. The highest BCUT2D eigenvalue weighted by Gasteiger charge is 2.28. The third-order valence-electron chi connectivity index (χ3n) is 4.52. The van der Waals surface area contributed by atoms with Crippen LogP contribution in [0.4, 0.5) is 5.69 Å². The van der Waals surface area contributed by atoms with Crippen LogP contribution in [0.25, 0.3) is 0 Å². The van der Waals surface area contributed by atoms with Crippen LogP contribution in [0, 0.1) is 0 Å². The molecule has 0 aromatic heterocycles. The van der Waals surface area contributed by atoms with E-state index in [-0.39, 0.29) is 12.0 Å². The standard InChI is InChI=1S/C19H28N2O2/c1-4-5-15-23-16(2)19(22)21-13-11-18(12-14-21)20(3)17-9-7-6-8-10-17/h4,6-10,16,18H,1,5,11-15H2,2-3H3. The predicted octanol–water partition coefficient (Wildman–Crippen LogP) is 3.10. The number of hydrogen-bond donors (Lipinski definition) is 0. The van der Waals surface area contributed by atoms with Crippen LogP contribution in [0.2, 0.25) is 0 Å². The van der Waals surface area contributed by atoms with Gasteiger partial charge in [0.15, 0.2) is 0 Å². The Morgan fingerprint density at radius 2 is 2.04 bits per heavy atom. The molecule has 1 aromatic carbocycles. The van der Waals surface area contributed by atoms with E-state index in [2.05, 4.69) is 42.8 Å². The molecule has 0 radical (unpaired) electrons. The monoisotopic (exact) mass is 316 g/mol. The molecule has 1 aliphatic rings. The van der Waals surface area contributed by atoms with Crippen LogP contribution in [-0.2, 0) is 9.53 Å². The van der Waals surface area contributed by atoms with E-state index in [9.17, 15) is 4.79 Å². The van der Waals surface area contributed by atoms with Crippen molar-refractivity contribution < 1.29 is 9.53 Å². The average molecular weight is 316 g/mol. The molecule has 2 rings (SSSR count). The molecule has 1 atom stereocenters. The van der Waals surface area contributed by atoms with Crippen LogP contribution in [-0.4, -0.2) is 49.7 Å². The van der Waals surface area contributed by atoms with Crippen molar-refractivity contribution in [1.29, 1.82) is 0 Å². The van der Waals surface area contributed by atoms with Gasteiger partial charge in [0, 0.05) is 31.9 Å². The second-order valence-electron chi connectivity index (χ2n) is 6.09. The Hall–Kier alpha value is -1.81. The first-order valence-electron chi connectivity index (χ1n) is 8.42. The highest BCUT2D eigenvalue weighted by molar-refractivity contribution is 5.80. The van der Waals surface area contributed by atoms with Crippen LogP contribution >= 0.6 is 0 Å². The summed E-state index contributed by atoms with van der Waals surface area (Å²) in [4.78, 5) is 16.7. The molecule has 4 heteroatoms. The minimum Gasteiger partial charge on any atom is -0.371 e. The van der Waals surface area contributed by atoms with E-state index >= 15 is 0 Å². The molecule has 1 aliphatic heterocycles. The van der Waals surface area contributed by atoms with Gasteiger partial charge in [-0.3, -0.25) is 4.79 Å². The molecule has 23 heavy (non-hydrogen) atoms. The van der Waals surface area contributed by atoms with Gasteiger partial charge in [0.25, 0.3) is 5.91 Å². The fraction of sp³-hybridized carbons (Fsp3) is 0.526. The SMILES string of the molecule is C=CCCOC(C)C(=O)N1CCC(N(C)c2ccccc2)CC1. The number of carbonyl (C=O) groups excluding carboxylic acids is 1. The van der Waals surface area contributed by atoms with Crippen LogP contribution in [0.3, 0.4) is 0 Å². The zero-order chi connectivity index (χ0) is 16.7. The summed E-state index contributed by atoms with van der Waals surface area (Å²) in [6, 6.07) is 10.9. The Bertz CT molecular complexity index is 495. The van der Waals surface area contributed by atoms with E-state index in [0.29, 0.717) is 12.6 Å². The number of benzene rings is 1. The van der Waals surface area contributed by atoms with E-state index in [4.69, 9.17) is 4.74 Å². The van der Waals surface area contributed by atoms with Gasteiger partial charge in [-0.05, 0) is 38.3 Å². The quantitative estimate of drug-likeness (QED) is 0.572. The van der Waals surface area contributed by atoms with Crippen molar-refractivity contribution in [3.63, 3.8) is 0 Å². The smallest absolute Gasteiger partial charge is 0.251 e. The fourth-order valence-corrected chi connectivity index (χ4v) is 3.00. The summed E-state index contributed by atoms with van der Waals surface area (Å²) < 4.78 is 5.57. The maximum Gasteiger partial charge on any atom is 0.251 e. The Kier molecular flexibility index (Phi) is 6.66. The van der Waals surface area contributed by atoms with Crippen molar-refractivity contribution in [3.8, 4) is 0 Å². The predicted molar refractivity (Wildman–Crippen MR) is 94.7 cm³/mol. The van der Waals surface area contributed by atoms with E-state index in [1.165, 1.54) is 5.69 Å². The third kappa shape index (κ3) is 4.83. The number of amides is 1. The van der Waals surface area contributed by atoms with Gasteiger partial charge in [-0.1, -0.05) is 24.3 Å². The maximum absolute atomic E-state index is 12.4. The number of ether oxygens (including phenoxy) is 1. The number of carbonyl (C=O) groups is 1. The molecule has 0 spiro atoms. The zero-order valence-electron chi connectivity index (χ0n) is 14.3. The maximum atomic E-state index is 12.4. The molecule has 1 unspecified atom stereocenters. The van der Waals surface area contributed by atoms with Crippen molar-refractivity contribution in [2.75, 3.05) is 31.6 Å². The lowest BCUT2D eigenvalue weighted by Gasteiger charge is -2.38. The second kappa shape index (κ2) is 8.73. The summed E-state index contributed by atoms with van der Waals surface area (Å²) in [6.07, 6.45) is 4.22. The summed E-state index contributed by atoms with van der Waals surface area (Å²) in [5.41, 5.74) is 1.23. The third-order valence-corrected chi connectivity index (χ3v) is 4.52. The molecule has 0 bridgehead atoms. The molecule has 1 fully saturated rings. The molecule has 1 heterocycles. The van der Waals surface area contributed by atoms with Crippen molar-refractivity contribution in [3.05, 3.63) is 43.0 Å². The average Bonchev–Trinajstić information content (AvgIpc) is 2.61. The molecule has 0 saturated carbocycles. The van der Waals surface area contributed by atoms with Crippen molar-refractivity contribution >= 4 is 11.6 Å². The molecule has 1 aromatic rings. The summed E-state index contributed by atoms with van der Waals surface area (Å²) in [5.74, 6) is 0.106. The van der Waals surface area contributed by atoms with Gasteiger partial charge in [0.05, 0.1) is 6.61 Å². The normalized spacial score (nSPS) is 16.9. The minimum absolute atomic E-state index is 0.106. The lowest BCUT2D eigenvalue weighted by atomic mass is 10.0. The number of piperidine rings is 1. The Balaban J connectivity index is 1.81. The highest BCUT2D eigenvalue weighted by atomic mass is 16.5. The fourth-order valence-electron chi connectivity index (χ4n) is 3.00. The van der Waals surface area contributed by atoms with Crippen LogP contribution < -0.4 is 4.90 Å². The number of hydrogen-bond acceptors (Lipinski definition) is 3.